The van der Waals surface area contributed by atoms with E-state index < -0.39 is 0 Å². The SMILES string of the molecule is CCCCCCCCOC(CCCCCCN(CCCCCCCC)CCCNC(C)=O)OCCCCCCCC. The Hall–Kier alpha value is -0.650. The summed E-state index contributed by atoms with van der Waals surface area (Å²) in [4.78, 5) is 13.8. The molecule has 41 heavy (non-hydrogen) atoms. The molecule has 0 rings (SSSR count). The third-order valence-electron chi connectivity index (χ3n) is 8.12. The van der Waals surface area contributed by atoms with Crippen molar-refractivity contribution in [2.75, 3.05) is 39.4 Å². The number of unbranched alkanes of at least 4 members (excludes halogenated alkanes) is 18. The maximum absolute atomic E-state index is 11.2. The highest BCUT2D eigenvalue weighted by Gasteiger charge is 2.10. The summed E-state index contributed by atoms with van der Waals surface area (Å²) in [6.07, 6.45) is 30.8. The van der Waals surface area contributed by atoms with Gasteiger partial charge in [0.1, 0.15) is 0 Å². The van der Waals surface area contributed by atoms with Gasteiger partial charge in [0.25, 0.3) is 0 Å². The summed E-state index contributed by atoms with van der Waals surface area (Å²) in [5, 5.41) is 2.96. The Balaban J connectivity index is 4.27. The van der Waals surface area contributed by atoms with Crippen LogP contribution >= 0.6 is 0 Å². The van der Waals surface area contributed by atoms with Crippen molar-refractivity contribution in [3.63, 3.8) is 0 Å². The molecule has 5 heteroatoms. The van der Waals surface area contributed by atoms with E-state index in [-0.39, 0.29) is 12.2 Å². The number of rotatable bonds is 34. The maximum atomic E-state index is 11.2. The first kappa shape index (κ1) is 40.4. The molecule has 0 aliphatic carbocycles. The van der Waals surface area contributed by atoms with Gasteiger partial charge in [-0.05, 0) is 64.6 Å². The van der Waals surface area contributed by atoms with E-state index in [1.54, 1.807) is 6.92 Å². The highest BCUT2D eigenvalue weighted by atomic mass is 16.7. The van der Waals surface area contributed by atoms with Gasteiger partial charge in [-0.25, -0.2) is 0 Å². The molecule has 1 N–H and O–H groups in total. The van der Waals surface area contributed by atoms with Gasteiger partial charge in [-0.1, -0.05) is 130 Å². The number of nitrogens with one attached hydrogen (secondary N) is 1. The van der Waals surface area contributed by atoms with Crippen molar-refractivity contribution in [3.8, 4) is 0 Å². The average Bonchev–Trinajstić information content (AvgIpc) is 2.96. The fraction of sp³-hybridized carbons (Fsp3) is 0.972. The van der Waals surface area contributed by atoms with Crippen LogP contribution < -0.4 is 5.32 Å². The number of carbonyl (C=O) groups is 1. The van der Waals surface area contributed by atoms with Crippen molar-refractivity contribution < 1.29 is 14.3 Å². The molecule has 0 atom stereocenters. The summed E-state index contributed by atoms with van der Waals surface area (Å²) in [7, 11) is 0. The quantitative estimate of drug-likeness (QED) is 0.0606. The van der Waals surface area contributed by atoms with Gasteiger partial charge in [-0.15, -0.1) is 0 Å². The average molecular weight is 583 g/mol. The molecule has 0 heterocycles. The van der Waals surface area contributed by atoms with Crippen LogP contribution in [0.2, 0.25) is 0 Å². The van der Waals surface area contributed by atoms with Crippen molar-refractivity contribution in [1.82, 2.24) is 10.2 Å². The van der Waals surface area contributed by atoms with E-state index in [1.165, 1.54) is 142 Å². The second-order valence-electron chi connectivity index (χ2n) is 12.4. The minimum atomic E-state index is -0.0146. The maximum Gasteiger partial charge on any atom is 0.216 e. The van der Waals surface area contributed by atoms with Crippen molar-refractivity contribution in [2.24, 2.45) is 0 Å². The molecule has 0 aromatic heterocycles. The lowest BCUT2D eigenvalue weighted by atomic mass is 10.1. The van der Waals surface area contributed by atoms with Crippen LogP contribution in [0, 0.1) is 0 Å². The first-order valence-electron chi connectivity index (χ1n) is 18.3. The zero-order chi connectivity index (χ0) is 30.1. The van der Waals surface area contributed by atoms with E-state index in [1.807, 2.05) is 0 Å². The molecule has 0 saturated carbocycles. The zero-order valence-corrected chi connectivity index (χ0v) is 28.5. The molecule has 0 bridgehead atoms. The lowest BCUT2D eigenvalue weighted by molar-refractivity contribution is -0.148. The summed E-state index contributed by atoms with van der Waals surface area (Å²) >= 11 is 0. The highest BCUT2D eigenvalue weighted by molar-refractivity contribution is 5.72. The fourth-order valence-corrected chi connectivity index (χ4v) is 5.43. The second-order valence-corrected chi connectivity index (χ2v) is 12.4. The number of hydrogen-bond acceptors (Lipinski definition) is 4. The Morgan fingerprint density at radius 1 is 0.537 bits per heavy atom. The van der Waals surface area contributed by atoms with E-state index >= 15 is 0 Å². The molecule has 0 saturated heterocycles. The van der Waals surface area contributed by atoms with Crippen LogP contribution in [0.5, 0.6) is 0 Å². The van der Waals surface area contributed by atoms with Gasteiger partial charge >= 0.3 is 0 Å². The first-order valence-corrected chi connectivity index (χ1v) is 18.3. The standard InChI is InChI=1S/C36H74N2O3/c1-5-8-11-14-18-23-30-38(32-27-29-37-35(4)39)31-24-19-17-22-28-36(40-33-25-20-15-12-9-6-2)41-34-26-21-16-13-10-7-3/h36H,5-34H2,1-4H3,(H,37,39). The van der Waals surface area contributed by atoms with Gasteiger partial charge in [0.2, 0.25) is 5.91 Å². The third-order valence-corrected chi connectivity index (χ3v) is 8.12. The summed E-state index contributed by atoms with van der Waals surface area (Å²) in [5.74, 6) is 0.0812. The van der Waals surface area contributed by atoms with Crippen molar-refractivity contribution in [1.29, 1.82) is 0 Å². The van der Waals surface area contributed by atoms with Gasteiger partial charge in [0.15, 0.2) is 6.29 Å². The molecular weight excluding hydrogens is 508 g/mol. The lowest BCUT2D eigenvalue weighted by Crippen LogP contribution is -2.30. The van der Waals surface area contributed by atoms with E-state index in [2.05, 4.69) is 31.0 Å². The fourth-order valence-electron chi connectivity index (χ4n) is 5.43. The molecule has 0 aromatic carbocycles. The van der Waals surface area contributed by atoms with Crippen molar-refractivity contribution >= 4 is 5.91 Å². The van der Waals surface area contributed by atoms with Crippen LogP contribution in [0.3, 0.4) is 0 Å². The minimum Gasteiger partial charge on any atom is -0.356 e. The normalized spacial score (nSPS) is 11.7. The Labute approximate surface area is 257 Å². The van der Waals surface area contributed by atoms with E-state index in [0.29, 0.717) is 0 Å². The third kappa shape index (κ3) is 32.1. The molecule has 0 aromatic rings. The Morgan fingerprint density at radius 3 is 1.39 bits per heavy atom. The lowest BCUT2D eigenvalue weighted by Gasteiger charge is -2.22. The predicted molar refractivity (Wildman–Crippen MR) is 179 cm³/mol. The number of amides is 1. The van der Waals surface area contributed by atoms with Crippen molar-refractivity contribution in [2.45, 2.75) is 188 Å². The Bertz CT molecular complexity index is 499. The number of ether oxygens (including phenoxy) is 2. The predicted octanol–water partition coefficient (Wildman–Crippen LogP) is 10.2. The van der Waals surface area contributed by atoms with Gasteiger partial charge in [-0.3, -0.25) is 4.79 Å². The monoisotopic (exact) mass is 583 g/mol. The molecule has 0 aliphatic rings. The smallest absolute Gasteiger partial charge is 0.216 e. The molecule has 0 fully saturated rings. The second kappa shape index (κ2) is 33.8. The van der Waals surface area contributed by atoms with Gasteiger partial charge in [-0.2, -0.15) is 0 Å². The summed E-state index contributed by atoms with van der Waals surface area (Å²) in [6.45, 7) is 14.4. The molecule has 0 unspecified atom stereocenters. The van der Waals surface area contributed by atoms with Crippen LogP contribution in [0.4, 0.5) is 0 Å². The summed E-state index contributed by atoms with van der Waals surface area (Å²) in [6, 6.07) is 0. The highest BCUT2D eigenvalue weighted by Crippen LogP contribution is 2.14. The summed E-state index contributed by atoms with van der Waals surface area (Å²) < 4.78 is 12.5. The van der Waals surface area contributed by atoms with Crippen LogP contribution in [0.25, 0.3) is 0 Å². The largest absolute Gasteiger partial charge is 0.356 e. The topological polar surface area (TPSA) is 50.8 Å². The zero-order valence-electron chi connectivity index (χ0n) is 28.5. The van der Waals surface area contributed by atoms with Crippen LogP contribution in [-0.4, -0.2) is 56.5 Å². The van der Waals surface area contributed by atoms with Gasteiger partial charge in [0, 0.05) is 26.7 Å². The van der Waals surface area contributed by atoms with Crippen molar-refractivity contribution in [3.05, 3.63) is 0 Å². The molecule has 246 valence electrons. The minimum absolute atomic E-state index is 0.0146. The van der Waals surface area contributed by atoms with Gasteiger partial charge < -0.3 is 19.7 Å². The molecule has 5 nitrogen and oxygen atoms in total. The molecule has 0 radical (unpaired) electrons. The van der Waals surface area contributed by atoms with E-state index in [9.17, 15) is 4.79 Å². The molecule has 1 amide bonds. The first-order chi connectivity index (χ1) is 20.1. The number of hydrogen-bond donors (Lipinski definition) is 1. The number of carbonyl (C=O) groups excluding carboxylic acids is 1. The van der Waals surface area contributed by atoms with E-state index in [4.69, 9.17) is 9.47 Å². The molecular formula is C36H74N2O3. The Kier molecular flexibility index (Phi) is 33.3. The van der Waals surface area contributed by atoms with E-state index in [0.717, 1.165) is 52.0 Å². The summed E-state index contributed by atoms with van der Waals surface area (Å²) in [5.41, 5.74) is 0. The number of nitrogens with zero attached hydrogens (tertiary/aromatic N) is 1. The Morgan fingerprint density at radius 2 is 0.927 bits per heavy atom. The van der Waals surface area contributed by atoms with Crippen LogP contribution in [0.1, 0.15) is 182 Å². The van der Waals surface area contributed by atoms with Crippen LogP contribution in [-0.2, 0) is 14.3 Å². The van der Waals surface area contributed by atoms with Gasteiger partial charge in [0.05, 0.1) is 0 Å². The molecule has 0 spiro atoms. The molecule has 0 aliphatic heterocycles. The van der Waals surface area contributed by atoms with Crippen LogP contribution in [0.15, 0.2) is 0 Å².